The number of hydrogen-bond acceptors (Lipinski definition) is 2. The summed E-state index contributed by atoms with van der Waals surface area (Å²) in [6, 6.07) is 5.23. The van der Waals surface area contributed by atoms with E-state index < -0.39 is 17.8 Å². The van der Waals surface area contributed by atoms with Gasteiger partial charge in [-0.25, -0.2) is 0 Å². The topological polar surface area (TPSA) is 38.0 Å². The van der Waals surface area contributed by atoms with Crippen molar-refractivity contribution >= 4 is 0 Å². The maximum Gasteiger partial charge on any atom is 0.416 e. The van der Waals surface area contributed by atoms with Gasteiger partial charge in [0.25, 0.3) is 0 Å². The van der Waals surface area contributed by atoms with E-state index in [0.29, 0.717) is 0 Å². The number of hydrogen-bond donors (Lipinski definition) is 2. The van der Waals surface area contributed by atoms with Gasteiger partial charge in [0, 0.05) is 12.6 Å². The number of nitrogens with one attached hydrogen (secondary N) is 1. The van der Waals surface area contributed by atoms with Crippen LogP contribution in [0.1, 0.15) is 42.9 Å². The third-order valence-electron chi connectivity index (χ3n) is 4.05. The number of nitrogens with two attached hydrogens (primary N) is 1. The highest BCUT2D eigenvalue weighted by Crippen LogP contribution is 2.34. The van der Waals surface area contributed by atoms with Gasteiger partial charge in [-0.1, -0.05) is 37.5 Å². The van der Waals surface area contributed by atoms with E-state index >= 15 is 0 Å². The van der Waals surface area contributed by atoms with Crippen molar-refractivity contribution < 1.29 is 13.2 Å². The molecule has 0 aromatic heterocycles. The first-order valence-electron chi connectivity index (χ1n) is 7.12. The van der Waals surface area contributed by atoms with Gasteiger partial charge in [0.15, 0.2) is 0 Å². The van der Waals surface area contributed by atoms with Crippen molar-refractivity contribution in [2.75, 3.05) is 13.1 Å². The molecule has 0 spiro atoms. The predicted octanol–water partition coefficient (Wildman–Crippen LogP) is 3.49. The average molecular weight is 286 g/mol. The molecule has 1 atom stereocenters. The normalized spacial score (nSPS) is 17.8. The molecule has 1 aliphatic carbocycles. The Morgan fingerprint density at radius 3 is 2.50 bits per heavy atom. The first-order valence-corrected chi connectivity index (χ1v) is 7.12. The van der Waals surface area contributed by atoms with Crippen molar-refractivity contribution in [3.05, 3.63) is 35.4 Å². The summed E-state index contributed by atoms with van der Waals surface area (Å²) >= 11 is 0. The minimum Gasteiger partial charge on any atom is -0.329 e. The molecule has 0 heterocycles. The van der Waals surface area contributed by atoms with E-state index in [4.69, 9.17) is 5.73 Å². The SMILES string of the molecule is NCC(NCCC1CCC1)c1ccccc1C(F)(F)F. The Labute approximate surface area is 117 Å². The number of halogens is 3. The van der Waals surface area contributed by atoms with Gasteiger partial charge in [0.05, 0.1) is 5.56 Å². The van der Waals surface area contributed by atoms with Gasteiger partial charge in [0.2, 0.25) is 0 Å². The summed E-state index contributed by atoms with van der Waals surface area (Å²) in [5, 5.41) is 3.17. The van der Waals surface area contributed by atoms with Gasteiger partial charge in [-0.2, -0.15) is 13.2 Å². The molecule has 1 fully saturated rings. The maximum absolute atomic E-state index is 13.0. The van der Waals surface area contributed by atoms with Crippen LogP contribution in [-0.4, -0.2) is 13.1 Å². The van der Waals surface area contributed by atoms with Gasteiger partial charge in [0.1, 0.15) is 0 Å². The summed E-state index contributed by atoms with van der Waals surface area (Å²) < 4.78 is 39.0. The number of rotatable bonds is 6. The lowest BCUT2D eigenvalue weighted by Gasteiger charge is -2.27. The predicted molar refractivity (Wildman–Crippen MR) is 73.2 cm³/mol. The van der Waals surface area contributed by atoms with Crippen molar-refractivity contribution in [3.63, 3.8) is 0 Å². The largest absolute Gasteiger partial charge is 0.416 e. The lowest BCUT2D eigenvalue weighted by atomic mass is 9.83. The molecule has 0 aliphatic heterocycles. The van der Waals surface area contributed by atoms with E-state index in [1.807, 2.05) is 0 Å². The summed E-state index contributed by atoms with van der Waals surface area (Å²) in [4.78, 5) is 0. The van der Waals surface area contributed by atoms with E-state index in [-0.39, 0.29) is 12.1 Å². The van der Waals surface area contributed by atoms with Crippen molar-refractivity contribution in [1.82, 2.24) is 5.32 Å². The second-order valence-corrected chi connectivity index (χ2v) is 5.41. The van der Waals surface area contributed by atoms with Gasteiger partial charge in [-0.15, -0.1) is 0 Å². The molecule has 1 saturated carbocycles. The Morgan fingerprint density at radius 2 is 1.95 bits per heavy atom. The fraction of sp³-hybridized carbons (Fsp3) is 0.600. The highest BCUT2D eigenvalue weighted by molar-refractivity contribution is 5.32. The Kier molecular flexibility index (Phi) is 5.05. The Bertz CT molecular complexity index is 427. The third kappa shape index (κ3) is 3.73. The second kappa shape index (κ2) is 6.59. The van der Waals surface area contributed by atoms with E-state index in [2.05, 4.69) is 5.32 Å². The Hall–Kier alpha value is -1.07. The summed E-state index contributed by atoms with van der Waals surface area (Å²) in [6.07, 6.45) is 0.453. The molecule has 0 bridgehead atoms. The van der Waals surface area contributed by atoms with E-state index in [9.17, 15) is 13.2 Å². The molecular formula is C15H21F3N2. The molecule has 112 valence electrons. The average Bonchev–Trinajstić information content (AvgIpc) is 2.36. The van der Waals surface area contributed by atoms with Gasteiger partial charge in [-0.3, -0.25) is 0 Å². The molecule has 1 aliphatic rings. The molecule has 2 rings (SSSR count). The summed E-state index contributed by atoms with van der Waals surface area (Å²) in [7, 11) is 0. The Morgan fingerprint density at radius 1 is 1.25 bits per heavy atom. The van der Waals surface area contributed by atoms with Crippen LogP contribution in [0.15, 0.2) is 24.3 Å². The molecular weight excluding hydrogens is 265 g/mol. The number of alkyl halides is 3. The van der Waals surface area contributed by atoms with E-state index in [1.54, 1.807) is 6.07 Å². The molecule has 1 unspecified atom stereocenters. The monoisotopic (exact) mass is 286 g/mol. The van der Waals surface area contributed by atoms with Crippen LogP contribution in [0.4, 0.5) is 13.2 Å². The first-order chi connectivity index (χ1) is 9.52. The number of benzene rings is 1. The molecule has 3 N–H and O–H groups in total. The maximum atomic E-state index is 13.0. The van der Waals surface area contributed by atoms with E-state index in [0.717, 1.165) is 24.9 Å². The van der Waals surface area contributed by atoms with Crippen LogP contribution < -0.4 is 11.1 Å². The van der Waals surface area contributed by atoms with Gasteiger partial charge >= 0.3 is 6.18 Å². The molecule has 1 aromatic carbocycles. The zero-order valence-corrected chi connectivity index (χ0v) is 11.4. The standard InChI is InChI=1S/C15H21F3N2/c16-15(17,18)13-7-2-1-6-12(13)14(10-19)20-9-8-11-4-3-5-11/h1-2,6-7,11,14,20H,3-5,8-10,19H2. The minimum absolute atomic E-state index is 0.164. The molecule has 20 heavy (non-hydrogen) atoms. The van der Waals surface area contributed by atoms with Crippen LogP contribution in [0.25, 0.3) is 0 Å². The zero-order valence-electron chi connectivity index (χ0n) is 11.4. The van der Waals surface area contributed by atoms with Crippen LogP contribution in [-0.2, 0) is 6.18 Å². The molecule has 0 saturated heterocycles. The molecule has 1 aromatic rings. The van der Waals surface area contributed by atoms with Crippen LogP contribution >= 0.6 is 0 Å². The fourth-order valence-corrected chi connectivity index (χ4v) is 2.62. The van der Waals surface area contributed by atoms with Crippen LogP contribution in [0, 0.1) is 5.92 Å². The Balaban J connectivity index is 2.02. The van der Waals surface area contributed by atoms with Crippen LogP contribution in [0.5, 0.6) is 0 Å². The molecule has 5 heteroatoms. The molecule has 0 radical (unpaired) electrons. The van der Waals surface area contributed by atoms with E-state index in [1.165, 1.54) is 31.4 Å². The van der Waals surface area contributed by atoms with Crippen molar-refractivity contribution in [2.24, 2.45) is 11.7 Å². The fourth-order valence-electron chi connectivity index (χ4n) is 2.62. The van der Waals surface area contributed by atoms with Gasteiger partial charge in [-0.05, 0) is 30.5 Å². The van der Waals surface area contributed by atoms with Crippen LogP contribution in [0.2, 0.25) is 0 Å². The van der Waals surface area contributed by atoms with Crippen molar-refractivity contribution in [2.45, 2.75) is 37.9 Å². The highest BCUT2D eigenvalue weighted by Gasteiger charge is 2.34. The summed E-state index contributed by atoms with van der Waals surface area (Å²) in [6.45, 7) is 0.885. The lowest BCUT2D eigenvalue weighted by molar-refractivity contribution is -0.138. The smallest absolute Gasteiger partial charge is 0.329 e. The summed E-state index contributed by atoms with van der Waals surface area (Å²) in [5.41, 5.74) is 5.31. The van der Waals surface area contributed by atoms with Crippen molar-refractivity contribution in [1.29, 1.82) is 0 Å². The zero-order chi connectivity index (χ0) is 14.6. The second-order valence-electron chi connectivity index (χ2n) is 5.41. The van der Waals surface area contributed by atoms with Crippen molar-refractivity contribution in [3.8, 4) is 0 Å². The molecule has 0 amide bonds. The van der Waals surface area contributed by atoms with Crippen LogP contribution in [0.3, 0.4) is 0 Å². The highest BCUT2D eigenvalue weighted by atomic mass is 19.4. The minimum atomic E-state index is -4.33. The van der Waals surface area contributed by atoms with Gasteiger partial charge < -0.3 is 11.1 Å². The third-order valence-corrected chi connectivity index (χ3v) is 4.05. The molecule has 2 nitrogen and oxygen atoms in total. The first kappa shape index (κ1) is 15.3. The quantitative estimate of drug-likeness (QED) is 0.840. The lowest BCUT2D eigenvalue weighted by Crippen LogP contribution is -2.32. The summed E-state index contributed by atoms with van der Waals surface area (Å²) in [5.74, 6) is 0.735.